The fourth-order valence-electron chi connectivity index (χ4n) is 1.72. The molecule has 4 nitrogen and oxygen atoms in total. The Balaban J connectivity index is 2.01. The highest BCUT2D eigenvalue weighted by atomic mass is 16.3. The molecule has 0 aliphatic heterocycles. The number of carbonyl (C=O) groups excluding carboxylic acids is 1. The molecule has 0 bridgehead atoms. The molecule has 19 heavy (non-hydrogen) atoms. The molecule has 0 saturated carbocycles. The highest BCUT2D eigenvalue weighted by Gasteiger charge is 2.02. The van der Waals surface area contributed by atoms with Gasteiger partial charge in [0.15, 0.2) is 0 Å². The van der Waals surface area contributed by atoms with E-state index in [1.54, 1.807) is 6.20 Å². The Morgan fingerprint density at radius 1 is 1.16 bits per heavy atom. The molecule has 2 aromatic rings. The first-order valence-electron chi connectivity index (χ1n) is 6.22. The predicted octanol–water partition coefficient (Wildman–Crippen LogP) is 2.46. The standard InChI is InChI=1S/C15H16N2O2/c18-11-3-5-15(19)17-13-8-6-12(7-9-13)14-4-1-2-10-16-14/h1-2,4,6-10,18H,3,5,11H2,(H,17,19). The van der Waals surface area contributed by atoms with Gasteiger partial charge in [-0.15, -0.1) is 0 Å². The summed E-state index contributed by atoms with van der Waals surface area (Å²) in [5, 5.41) is 11.4. The lowest BCUT2D eigenvalue weighted by Crippen LogP contribution is -2.11. The molecule has 0 atom stereocenters. The number of nitrogens with zero attached hydrogens (tertiary/aromatic N) is 1. The van der Waals surface area contributed by atoms with Crippen LogP contribution in [-0.4, -0.2) is 22.6 Å². The molecule has 0 spiro atoms. The van der Waals surface area contributed by atoms with E-state index in [4.69, 9.17) is 5.11 Å². The highest BCUT2D eigenvalue weighted by molar-refractivity contribution is 5.90. The van der Waals surface area contributed by atoms with E-state index in [1.807, 2.05) is 42.5 Å². The molecule has 0 radical (unpaired) electrons. The first kappa shape index (κ1) is 13.2. The van der Waals surface area contributed by atoms with Crippen molar-refractivity contribution >= 4 is 11.6 Å². The summed E-state index contributed by atoms with van der Waals surface area (Å²) >= 11 is 0. The Morgan fingerprint density at radius 3 is 2.58 bits per heavy atom. The van der Waals surface area contributed by atoms with Gasteiger partial charge >= 0.3 is 0 Å². The van der Waals surface area contributed by atoms with E-state index in [-0.39, 0.29) is 12.5 Å². The molecule has 2 N–H and O–H groups in total. The Bertz CT molecular complexity index is 524. The maximum atomic E-state index is 11.5. The molecule has 4 heteroatoms. The van der Waals surface area contributed by atoms with E-state index in [0.29, 0.717) is 12.8 Å². The number of nitrogens with one attached hydrogen (secondary N) is 1. The third kappa shape index (κ3) is 3.89. The van der Waals surface area contributed by atoms with E-state index in [9.17, 15) is 4.79 Å². The summed E-state index contributed by atoms with van der Waals surface area (Å²) in [5.41, 5.74) is 2.66. The Labute approximate surface area is 112 Å². The number of aliphatic hydroxyl groups is 1. The van der Waals surface area contributed by atoms with Crippen molar-refractivity contribution < 1.29 is 9.90 Å². The summed E-state index contributed by atoms with van der Waals surface area (Å²) in [6, 6.07) is 13.3. The van der Waals surface area contributed by atoms with Crippen LogP contribution in [0.4, 0.5) is 5.69 Å². The maximum Gasteiger partial charge on any atom is 0.224 e. The molecule has 1 aromatic carbocycles. The number of rotatable bonds is 5. The molecule has 0 aliphatic rings. The van der Waals surface area contributed by atoms with E-state index in [1.165, 1.54) is 0 Å². The summed E-state index contributed by atoms with van der Waals surface area (Å²) in [7, 11) is 0. The number of benzene rings is 1. The van der Waals surface area contributed by atoms with E-state index >= 15 is 0 Å². The van der Waals surface area contributed by atoms with E-state index in [0.717, 1.165) is 16.9 Å². The van der Waals surface area contributed by atoms with Gasteiger partial charge in [-0.25, -0.2) is 0 Å². The molecule has 98 valence electrons. The summed E-state index contributed by atoms with van der Waals surface area (Å²) in [5.74, 6) is -0.0837. The van der Waals surface area contributed by atoms with Crippen molar-refractivity contribution in [3.05, 3.63) is 48.7 Å². The number of aromatic nitrogens is 1. The smallest absolute Gasteiger partial charge is 0.224 e. The zero-order chi connectivity index (χ0) is 13.5. The molecule has 2 rings (SSSR count). The van der Waals surface area contributed by atoms with Gasteiger partial charge in [-0.1, -0.05) is 18.2 Å². The average molecular weight is 256 g/mol. The fourth-order valence-corrected chi connectivity index (χ4v) is 1.72. The largest absolute Gasteiger partial charge is 0.396 e. The number of anilines is 1. The number of hydrogen-bond acceptors (Lipinski definition) is 3. The van der Waals surface area contributed by atoms with Crippen LogP contribution in [0.25, 0.3) is 11.3 Å². The monoisotopic (exact) mass is 256 g/mol. The van der Waals surface area contributed by atoms with Gasteiger partial charge < -0.3 is 10.4 Å². The summed E-state index contributed by atoms with van der Waals surface area (Å²) < 4.78 is 0. The molecule has 0 fully saturated rings. The zero-order valence-corrected chi connectivity index (χ0v) is 10.5. The van der Waals surface area contributed by atoms with Gasteiger partial charge in [0.25, 0.3) is 0 Å². The Hall–Kier alpha value is -2.20. The van der Waals surface area contributed by atoms with Crippen LogP contribution < -0.4 is 5.32 Å². The number of pyridine rings is 1. The Kier molecular flexibility index (Phi) is 4.64. The molecule has 1 amide bonds. The number of hydrogen-bond donors (Lipinski definition) is 2. The van der Waals surface area contributed by atoms with Crippen molar-refractivity contribution in [3.63, 3.8) is 0 Å². The minimum Gasteiger partial charge on any atom is -0.396 e. The van der Waals surface area contributed by atoms with E-state index in [2.05, 4.69) is 10.3 Å². The van der Waals surface area contributed by atoms with Crippen LogP contribution in [0.5, 0.6) is 0 Å². The number of aliphatic hydroxyl groups excluding tert-OH is 1. The molecular weight excluding hydrogens is 240 g/mol. The second kappa shape index (κ2) is 6.66. The van der Waals surface area contributed by atoms with Crippen molar-refractivity contribution in [2.45, 2.75) is 12.8 Å². The number of amides is 1. The lowest BCUT2D eigenvalue weighted by Gasteiger charge is -2.06. The van der Waals surface area contributed by atoms with Gasteiger partial charge in [0.05, 0.1) is 5.69 Å². The first-order chi connectivity index (χ1) is 9.29. The van der Waals surface area contributed by atoms with Crippen molar-refractivity contribution in [3.8, 4) is 11.3 Å². The molecular formula is C15H16N2O2. The van der Waals surface area contributed by atoms with E-state index < -0.39 is 0 Å². The Morgan fingerprint density at radius 2 is 1.95 bits per heavy atom. The van der Waals surface area contributed by atoms with Crippen LogP contribution in [0, 0.1) is 0 Å². The normalized spacial score (nSPS) is 10.2. The van der Waals surface area contributed by atoms with Crippen molar-refractivity contribution in [2.24, 2.45) is 0 Å². The topological polar surface area (TPSA) is 62.2 Å². The van der Waals surface area contributed by atoms with Crippen LogP contribution in [-0.2, 0) is 4.79 Å². The number of carbonyl (C=O) groups is 1. The van der Waals surface area contributed by atoms with Gasteiger partial charge in [0, 0.05) is 30.5 Å². The zero-order valence-electron chi connectivity index (χ0n) is 10.5. The molecule has 0 unspecified atom stereocenters. The van der Waals surface area contributed by atoms with Crippen molar-refractivity contribution in [1.29, 1.82) is 0 Å². The SMILES string of the molecule is O=C(CCCO)Nc1ccc(-c2ccccn2)cc1. The highest BCUT2D eigenvalue weighted by Crippen LogP contribution is 2.19. The minimum absolute atomic E-state index is 0.0338. The van der Waals surface area contributed by atoms with Gasteiger partial charge in [-0.05, 0) is 30.7 Å². The van der Waals surface area contributed by atoms with Crippen molar-refractivity contribution in [1.82, 2.24) is 4.98 Å². The van der Waals surface area contributed by atoms with Crippen LogP contribution in [0.2, 0.25) is 0 Å². The van der Waals surface area contributed by atoms with Crippen LogP contribution in [0.15, 0.2) is 48.7 Å². The van der Waals surface area contributed by atoms with Crippen molar-refractivity contribution in [2.75, 3.05) is 11.9 Å². The summed E-state index contributed by atoms with van der Waals surface area (Å²) in [6.07, 6.45) is 2.57. The third-order valence-corrected chi connectivity index (χ3v) is 2.69. The maximum absolute atomic E-state index is 11.5. The van der Waals surface area contributed by atoms with Crippen LogP contribution >= 0.6 is 0 Å². The second-order valence-electron chi connectivity index (χ2n) is 4.17. The minimum atomic E-state index is -0.0837. The van der Waals surface area contributed by atoms with Crippen LogP contribution in [0.3, 0.4) is 0 Å². The summed E-state index contributed by atoms with van der Waals surface area (Å²) in [6.45, 7) is 0.0338. The lowest BCUT2D eigenvalue weighted by molar-refractivity contribution is -0.116. The van der Waals surface area contributed by atoms with Gasteiger partial charge in [-0.2, -0.15) is 0 Å². The van der Waals surface area contributed by atoms with Crippen LogP contribution in [0.1, 0.15) is 12.8 Å². The summed E-state index contributed by atoms with van der Waals surface area (Å²) in [4.78, 5) is 15.8. The third-order valence-electron chi connectivity index (χ3n) is 2.69. The first-order valence-corrected chi connectivity index (χ1v) is 6.22. The quantitative estimate of drug-likeness (QED) is 0.863. The van der Waals surface area contributed by atoms with Gasteiger partial charge in [0.2, 0.25) is 5.91 Å². The molecule has 1 heterocycles. The molecule has 1 aromatic heterocycles. The second-order valence-corrected chi connectivity index (χ2v) is 4.17. The predicted molar refractivity (Wildman–Crippen MR) is 74.6 cm³/mol. The lowest BCUT2D eigenvalue weighted by atomic mass is 10.1. The molecule has 0 aliphatic carbocycles. The average Bonchev–Trinajstić information content (AvgIpc) is 2.47. The van der Waals surface area contributed by atoms with Gasteiger partial charge in [-0.3, -0.25) is 9.78 Å². The molecule has 0 saturated heterocycles. The fraction of sp³-hybridized carbons (Fsp3) is 0.200. The van der Waals surface area contributed by atoms with Gasteiger partial charge in [0.1, 0.15) is 0 Å².